The molecule has 34 heavy (non-hydrogen) atoms. The summed E-state index contributed by atoms with van der Waals surface area (Å²) in [5, 5.41) is 6.23. The molecule has 0 radical (unpaired) electrons. The predicted octanol–water partition coefficient (Wildman–Crippen LogP) is 4.42. The molecule has 1 atom stereocenters. The number of nitrogens with one attached hydrogen (secondary N) is 2. The number of hydrogen-bond donors (Lipinski definition) is 2. The maximum absolute atomic E-state index is 14.5. The van der Waals surface area contributed by atoms with Crippen LogP contribution in [0, 0.1) is 5.82 Å². The molecule has 1 aliphatic rings. The van der Waals surface area contributed by atoms with Gasteiger partial charge in [-0.3, -0.25) is 14.5 Å². The highest BCUT2D eigenvalue weighted by Crippen LogP contribution is 2.24. The fourth-order valence-electron chi connectivity index (χ4n) is 4.31. The molecule has 1 amide bonds. The van der Waals surface area contributed by atoms with Gasteiger partial charge in [0.15, 0.2) is 5.78 Å². The summed E-state index contributed by atoms with van der Waals surface area (Å²) >= 11 is 0. The van der Waals surface area contributed by atoms with E-state index in [1.807, 2.05) is 12.1 Å². The zero-order chi connectivity index (χ0) is 24.1. The Morgan fingerprint density at radius 2 is 1.79 bits per heavy atom. The van der Waals surface area contributed by atoms with Crippen LogP contribution in [-0.4, -0.2) is 42.3 Å². The predicted molar refractivity (Wildman–Crippen MR) is 132 cm³/mol. The van der Waals surface area contributed by atoms with Gasteiger partial charge < -0.3 is 10.6 Å². The van der Waals surface area contributed by atoms with Crippen LogP contribution in [-0.2, 0) is 13.1 Å². The number of hydrogen-bond acceptors (Lipinski definition) is 4. The first-order valence-electron chi connectivity index (χ1n) is 11.6. The fourth-order valence-corrected chi connectivity index (χ4v) is 4.31. The quantitative estimate of drug-likeness (QED) is 0.514. The number of benzene rings is 3. The molecule has 3 aromatic carbocycles. The first-order chi connectivity index (χ1) is 16.4. The van der Waals surface area contributed by atoms with Gasteiger partial charge in [0.25, 0.3) is 5.91 Å². The highest BCUT2D eigenvalue weighted by atomic mass is 19.1. The first kappa shape index (κ1) is 23.8. The molecule has 3 aromatic rings. The monoisotopic (exact) mass is 459 g/mol. The van der Waals surface area contributed by atoms with Crippen molar-refractivity contribution in [3.05, 3.63) is 94.8 Å². The number of carbonyl (C=O) groups is 2. The second kappa shape index (κ2) is 10.7. The number of nitrogens with zero attached hydrogens (tertiary/aromatic N) is 1. The molecule has 0 aliphatic carbocycles. The van der Waals surface area contributed by atoms with Gasteiger partial charge in [0.05, 0.1) is 0 Å². The van der Waals surface area contributed by atoms with Crippen LogP contribution in [0.2, 0.25) is 0 Å². The van der Waals surface area contributed by atoms with Crippen LogP contribution in [0.5, 0.6) is 0 Å². The van der Waals surface area contributed by atoms with Gasteiger partial charge in [0, 0.05) is 55.5 Å². The lowest BCUT2D eigenvalue weighted by Crippen LogP contribution is -2.48. The molecule has 0 saturated carbocycles. The molecule has 176 valence electrons. The zero-order valence-electron chi connectivity index (χ0n) is 19.6. The zero-order valence-corrected chi connectivity index (χ0v) is 19.6. The van der Waals surface area contributed by atoms with E-state index < -0.39 is 0 Å². The minimum Gasteiger partial charge on any atom is -0.348 e. The summed E-state index contributed by atoms with van der Waals surface area (Å²) < 4.78 is 14.5. The van der Waals surface area contributed by atoms with Crippen LogP contribution in [0.4, 0.5) is 4.39 Å². The molecule has 1 fully saturated rings. The Morgan fingerprint density at radius 3 is 2.59 bits per heavy atom. The largest absolute Gasteiger partial charge is 0.348 e. The van der Waals surface area contributed by atoms with Crippen molar-refractivity contribution in [1.82, 2.24) is 15.5 Å². The molecule has 0 aromatic heterocycles. The Labute approximate surface area is 200 Å². The van der Waals surface area contributed by atoms with Gasteiger partial charge in [-0.15, -0.1) is 0 Å². The third-order valence-electron chi connectivity index (χ3n) is 6.14. The van der Waals surface area contributed by atoms with Crippen LogP contribution in [0.3, 0.4) is 0 Å². The van der Waals surface area contributed by atoms with E-state index in [1.165, 1.54) is 18.6 Å². The van der Waals surface area contributed by atoms with Crippen LogP contribution in [0.1, 0.15) is 45.7 Å². The van der Waals surface area contributed by atoms with Crippen molar-refractivity contribution in [1.29, 1.82) is 0 Å². The van der Waals surface area contributed by atoms with Crippen molar-refractivity contribution in [3.63, 3.8) is 0 Å². The van der Waals surface area contributed by atoms with Crippen molar-refractivity contribution in [2.75, 3.05) is 19.6 Å². The summed E-state index contributed by atoms with van der Waals surface area (Å²) in [6.45, 7) is 7.61. The number of piperazine rings is 1. The molecule has 1 aliphatic heterocycles. The highest BCUT2D eigenvalue weighted by molar-refractivity contribution is 5.99. The van der Waals surface area contributed by atoms with E-state index in [1.54, 1.807) is 36.4 Å². The summed E-state index contributed by atoms with van der Waals surface area (Å²) in [4.78, 5) is 26.6. The van der Waals surface area contributed by atoms with E-state index >= 15 is 0 Å². The summed E-state index contributed by atoms with van der Waals surface area (Å²) in [7, 11) is 0. The van der Waals surface area contributed by atoms with Gasteiger partial charge in [0.2, 0.25) is 0 Å². The molecule has 6 heteroatoms. The molecule has 1 saturated heterocycles. The number of ketones is 1. The van der Waals surface area contributed by atoms with E-state index in [9.17, 15) is 14.0 Å². The standard InChI is InChI=1S/C28H30FN3O2/c1-19-17-32(12-11-30-19)18-21-5-3-7-23(13-21)24-9-10-27(29)26(15-24)16-31-28(34)25-8-4-6-22(14-25)20(2)33/h3-10,13-15,19,30H,11-12,16-18H2,1-2H3,(H,31,34)/t19-/m0/s1. The molecular weight excluding hydrogens is 429 g/mol. The highest BCUT2D eigenvalue weighted by Gasteiger charge is 2.16. The summed E-state index contributed by atoms with van der Waals surface area (Å²) in [5.41, 5.74) is 4.39. The number of halogens is 1. The van der Waals surface area contributed by atoms with Gasteiger partial charge in [-0.05, 0) is 60.9 Å². The lowest BCUT2D eigenvalue weighted by Gasteiger charge is -2.31. The third-order valence-corrected chi connectivity index (χ3v) is 6.14. The van der Waals surface area contributed by atoms with E-state index in [0.717, 1.165) is 37.3 Å². The Morgan fingerprint density at radius 1 is 1.03 bits per heavy atom. The maximum Gasteiger partial charge on any atom is 0.251 e. The Balaban J connectivity index is 1.46. The van der Waals surface area contributed by atoms with Crippen molar-refractivity contribution >= 4 is 11.7 Å². The molecule has 5 nitrogen and oxygen atoms in total. The van der Waals surface area contributed by atoms with E-state index in [-0.39, 0.29) is 24.1 Å². The minimum absolute atomic E-state index is 0.0567. The topological polar surface area (TPSA) is 61.4 Å². The third kappa shape index (κ3) is 5.95. The van der Waals surface area contributed by atoms with Crippen LogP contribution in [0.15, 0.2) is 66.7 Å². The summed E-state index contributed by atoms with van der Waals surface area (Å²) in [6.07, 6.45) is 0. The Hall–Kier alpha value is -3.35. The SMILES string of the molecule is CC(=O)c1cccc(C(=O)NCc2cc(-c3cccc(CN4CCN[C@@H](C)C4)c3)ccc2F)c1. The van der Waals surface area contributed by atoms with E-state index in [4.69, 9.17) is 0 Å². The lowest BCUT2D eigenvalue weighted by atomic mass is 10.00. The van der Waals surface area contributed by atoms with Crippen LogP contribution < -0.4 is 10.6 Å². The average Bonchev–Trinajstić information content (AvgIpc) is 2.83. The van der Waals surface area contributed by atoms with Gasteiger partial charge in [0.1, 0.15) is 5.82 Å². The summed E-state index contributed by atoms with van der Waals surface area (Å²) in [5.74, 6) is -0.824. The number of Topliss-reactive ketones (excluding diaryl/α,β-unsaturated/α-hetero) is 1. The molecule has 4 rings (SSSR count). The molecule has 0 unspecified atom stereocenters. The van der Waals surface area contributed by atoms with Crippen molar-refractivity contribution in [3.8, 4) is 11.1 Å². The second-order valence-electron chi connectivity index (χ2n) is 8.92. The van der Waals surface area contributed by atoms with Gasteiger partial charge >= 0.3 is 0 Å². The van der Waals surface area contributed by atoms with Gasteiger partial charge in [-0.2, -0.15) is 0 Å². The molecule has 1 heterocycles. The van der Waals surface area contributed by atoms with Crippen LogP contribution in [0.25, 0.3) is 11.1 Å². The minimum atomic E-state index is -0.368. The second-order valence-corrected chi connectivity index (χ2v) is 8.92. The van der Waals surface area contributed by atoms with Crippen molar-refractivity contribution < 1.29 is 14.0 Å². The van der Waals surface area contributed by atoms with Crippen molar-refractivity contribution in [2.45, 2.75) is 33.0 Å². The maximum atomic E-state index is 14.5. The normalized spacial score (nSPS) is 16.3. The fraction of sp³-hybridized carbons (Fsp3) is 0.286. The van der Waals surface area contributed by atoms with Crippen LogP contribution >= 0.6 is 0 Å². The molecule has 0 bridgehead atoms. The lowest BCUT2D eigenvalue weighted by molar-refractivity contribution is 0.0950. The molecular formula is C28H30FN3O2. The molecule has 2 N–H and O–H groups in total. The van der Waals surface area contributed by atoms with E-state index in [2.05, 4.69) is 34.6 Å². The first-order valence-corrected chi connectivity index (χ1v) is 11.6. The number of rotatable bonds is 7. The number of amides is 1. The number of carbonyl (C=O) groups excluding carboxylic acids is 2. The smallest absolute Gasteiger partial charge is 0.251 e. The van der Waals surface area contributed by atoms with Gasteiger partial charge in [-0.1, -0.05) is 36.4 Å². The van der Waals surface area contributed by atoms with Crippen molar-refractivity contribution in [2.24, 2.45) is 0 Å². The Bertz CT molecular complexity index is 1190. The van der Waals surface area contributed by atoms with Gasteiger partial charge in [-0.25, -0.2) is 4.39 Å². The average molecular weight is 460 g/mol. The Kier molecular flexibility index (Phi) is 7.50. The summed E-state index contributed by atoms with van der Waals surface area (Å²) in [6, 6.07) is 20.3. The van der Waals surface area contributed by atoms with E-state index in [0.29, 0.717) is 22.7 Å². The molecule has 0 spiro atoms.